The Morgan fingerprint density at radius 3 is 2.56 bits per heavy atom. The van der Waals surface area contributed by atoms with E-state index < -0.39 is 10.8 Å². The van der Waals surface area contributed by atoms with Crippen LogP contribution in [0.3, 0.4) is 0 Å². The Labute approximate surface area is 191 Å². The van der Waals surface area contributed by atoms with E-state index >= 15 is 0 Å². The lowest BCUT2D eigenvalue weighted by molar-refractivity contribution is -0.385. The molecule has 0 aliphatic carbocycles. The highest BCUT2D eigenvalue weighted by molar-refractivity contribution is 9.10. The Hall–Kier alpha value is -3.85. The molecule has 0 saturated heterocycles. The Bertz CT molecular complexity index is 1350. The van der Waals surface area contributed by atoms with E-state index in [1.807, 2.05) is 66.7 Å². The number of hydrogen-bond acceptors (Lipinski definition) is 5. The monoisotopic (exact) mass is 491 g/mol. The van der Waals surface area contributed by atoms with Gasteiger partial charge in [-0.3, -0.25) is 19.6 Å². The van der Waals surface area contributed by atoms with Gasteiger partial charge in [0.1, 0.15) is 6.20 Å². The predicted molar refractivity (Wildman–Crippen MR) is 126 cm³/mol. The van der Waals surface area contributed by atoms with Gasteiger partial charge in [0.05, 0.1) is 17.2 Å². The fourth-order valence-corrected chi connectivity index (χ4v) is 3.49. The first-order valence-corrected chi connectivity index (χ1v) is 10.5. The van der Waals surface area contributed by atoms with Gasteiger partial charge in [-0.25, -0.2) is 5.43 Å². The summed E-state index contributed by atoms with van der Waals surface area (Å²) in [5.74, 6) is -0.744. The van der Waals surface area contributed by atoms with Gasteiger partial charge in [-0.05, 0) is 47.0 Å². The van der Waals surface area contributed by atoms with Crippen molar-refractivity contribution in [2.45, 2.75) is 13.5 Å². The number of halogens is 1. The molecule has 1 N–H and O–H groups in total. The second-order valence-electron chi connectivity index (χ2n) is 7.14. The van der Waals surface area contributed by atoms with Crippen LogP contribution in [0.5, 0.6) is 0 Å². The lowest BCUT2D eigenvalue weighted by Gasteiger charge is -2.04. The minimum Gasteiger partial charge on any atom is -0.265 e. The van der Waals surface area contributed by atoms with Gasteiger partial charge in [0.2, 0.25) is 5.69 Å². The third kappa shape index (κ3) is 4.73. The Kier molecular flexibility index (Phi) is 6.09. The normalized spacial score (nSPS) is 11.5. The molecule has 1 heterocycles. The van der Waals surface area contributed by atoms with E-state index in [9.17, 15) is 14.9 Å². The third-order valence-corrected chi connectivity index (χ3v) is 5.43. The van der Waals surface area contributed by atoms with Crippen LogP contribution in [0.1, 0.15) is 28.5 Å². The zero-order valence-electron chi connectivity index (χ0n) is 17.0. The number of rotatable bonds is 6. The quantitative estimate of drug-likeness (QED) is 0.235. The topological polar surface area (TPSA) is 102 Å². The number of nitrogens with one attached hydrogen (secondary N) is 1. The number of fused-ring (bicyclic) bond motifs is 1. The molecule has 32 heavy (non-hydrogen) atoms. The van der Waals surface area contributed by atoms with Crippen molar-refractivity contribution in [1.29, 1.82) is 0 Å². The molecule has 0 aliphatic rings. The average molecular weight is 492 g/mol. The van der Waals surface area contributed by atoms with Gasteiger partial charge in [0, 0.05) is 4.47 Å². The number of nitro groups is 1. The molecule has 1 amide bonds. The molecule has 0 saturated carbocycles. The summed E-state index contributed by atoms with van der Waals surface area (Å²) in [6.45, 7) is 2.05. The minimum atomic E-state index is -0.744. The molecule has 0 radical (unpaired) electrons. The largest absolute Gasteiger partial charge is 0.320 e. The first kappa shape index (κ1) is 21.4. The highest BCUT2D eigenvalue weighted by Crippen LogP contribution is 2.19. The maximum absolute atomic E-state index is 12.6. The van der Waals surface area contributed by atoms with Crippen molar-refractivity contribution < 1.29 is 9.72 Å². The highest BCUT2D eigenvalue weighted by atomic mass is 79.9. The molecule has 0 unspecified atom stereocenters. The van der Waals surface area contributed by atoms with Crippen molar-refractivity contribution in [2.75, 3.05) is 0 Å². The molecule has 9 heteroatoms. The van der Waals surface area contributed by atoms with Crippen LogP contribution >= 0.6 is 15.9 Å². The van der Waals surface area contributed by atoms with E-state index in [-0.39, 0.29) is 11.4 Å². The summed E-state index contributed by atoms with van der Waals surface area (Å²) in [6.07, 6.45) is 1.25. The number of carbonyl (C=O) groups is 1. The van der Waals surface area contributed by atoms with Gasteiger partial charge in [-0.2, -0.15) is 10.2 Å². The summed E-state index contributed by atoms with van der Waals surface area (Å²) in [4.78, 5) is 23.4. The van der Waals surface area contributed by atoms with Gasteiger partial charge in [-0.1, -0.05) is 64.5 Å². The molecule has 1 aromatic heterocycles. The van der Waals surface area contributed by atoms with E-state index in [0.717, 1.165) is 26.4 Å². The molecular formula is C23H18BrN5O3. The van der Waals surface area contributed by atoms with Gasteiger partial charge in [-0.15, -0.1) is 0 Å². The number of benzene rings is 3. The summed E-state index contributed by atoms with van der Waals surface area (Å²) < 4.78 is 2.29. The lowest BCUT2D eigenvalue weighted by atomic mass is 10.0. The Morgan fingerprint density at radius 1 is 1.12 bits per heavy atom. The van der Waals surface area contributed by atoms with Crippen molar-refractivity contribution in [3.63, 3.8) is 0 Å². The van der Waals surface area contributed by atoms with Crippen molar-refractivity contribution in [2.24, 2.45) is 5.10 Å². The van der Waals surface area contributed by atoms with Crippen molar-refractivity contribution in [3.05, 3.63) is 104 Å². The fourth-order valence-electron chi connectivity index (χ4n) is 3.23. The summed E-state index contributed by atoms with van der Waals surface area (Å²) in [5.41, 5.74) is 4.02. The molecule has 4 rings (SSSR count). The third-order valence-electron chi connectivity index (χ3n) is 4.90. The van der Waals surface area contributed by atoms with Gasteiger partial charge in [0.25, 0.3) is 5.91 Å². The number of aromatic nitrogens is 2. The van der Waals surface area contributed by atoms with Crippen LogP contribution in [0.2, 0.25) is 0 Å². The SMILES string of the molecule is C/C(=N/NC(=O)c1nn(Cc2ccc(Br)cc2)cc1[N+](=O)[O-])c1ccc2ccccc2c1. The lowest BCUT2D eigenvalue weighted by Crippen LogP contribution is -2.21. The van der Waals surface area contributed by atoms with Crippen LogP contribution < -0.4 is 5.43 Å². The number of hydrazone groups is 1. The maximum atomic E-state index is 12.6. The van der Waals surface area contributed by atoms with E-state index in [1.165, 1.54) is 10.9 Å². The second-order valence-corrected chi connectivity index (χ2v) is 8.06. The van der Waals surface area contributed by atoms with Crippen LogP contribution in [0, 0.1) is 10.1 Å². The molecule has 0 fully saturated rings. The molecule has 4 aromatic rings. The molecule has 0 spiro atoms. The maximum Gasteiger partial charge on any atom is 0.320 e. The van der Waals surface area contributed by atoms with Gasteiger partial charge < -0.3 is 0 Å². The molecular weight excluding hydrogens is 474 g/mol. The number of amides is 1. The second kappa shape index (κ2) is 9.11. The smallest absolute Gasteiger partial charge is 0.265 e. The van der Waals surface area contributed by atoms with E-state index in [4.69, 9.17) is 0 Å². The molecule has 8 nitrogen and oxygen atoms in total. The number of nitrogens with zero attached hydrogens (tertiary/aromatic N) is 4. The predicted octanol–water partition coefficient (Wildman–Crippen LogP) is 4.91. The molecule has 0 bridgehead atoms. The van der Waals surface area contributed by atoms with Crippen LogP contribution in [-0.4, -0.2) is 26.3 Å². The van der Waals surface area contributed by atoms with E-state index in [1.54, 1.807) is 6.92 Å². The molecule has 160 valence electrons. The summed E-state index contributed by atoms with van der Waals surface area (Å²) >= 11 is 3.37. The first-order valence-electron chi connectivity index (χ1n) is 9.71. The van der Waals surface area contributed by atoms with Gasteiger partial charge in [0.15, 0.2) is 0 Å². The molecule has 3 aromatic carbocycles. The molecule has 0 atom stereocenters. The zero-order valence-corrected chi connectivity index (χ0v) is 18.6. The highest BCUT2D eigenvalue weighted by Gasteiger charge is 2.25. The van der Waals surface area contributed by atoms with E-state index in [0.29, 0.717) is 12.3 Å². The molecule has 0 aliphatic heterocycles. The average Bonchev–Trinajstić information content (AvgIpc) is 3.22. The van der Waals surface area contributed by atoms with E-state index in [2.05, 4.69) is 31.6 Å². The summed E-state index contributed by atoms with van der Waals surface area (Å²) in [6, 6.07) is 21.2. The van der Waals surface area contributed by atoms with Crippen LogP contribution in [0.4, 0.5) is 5.69 Å². The van der Waals surface area contributed by atoms with Crippen molar-refractivity contribution in [1.82, 2.24) is 15.2 Å². The Balaban J connectivity index is 1.54. The standard InChI is InChI=1S/C23H18BrN5O3/c1-15(18-9-8-17-4-2-3-5-19(17)12-18)25-26-23(30)22-21(29(31)32)14-28(27-22)13-16-6-10-20(24)11-7-16/h2-12,14H,13H2,1H3,(H,26,30)/b25-15-. The zero-order chi connectivity index (χ0) is 22.7. The number of carbonyl (C=O) groups excluding carboxylic acids is 1. The van der Waals surface area contributed by atoms with Crippen LogP contribution in [0.25, 0.3) is 10.8 Å². The number of hydrogen-bond donors (Lipinski definition) is 1. The van der Waals surface area contributed by atoms with Crippen LogP contribution in [-0.2, 0) is 6.54 Å². The van der Waals surface area contributed by atoms with Crippen molar-refractivity contribution in [3.8, 4) is 0 Å². The van der Waals surface area contributed by atoms with Gasteiger partial charge >= 0.3 is 5.69 Å². The van der Waals surface area contributed by atoms with Crippen LogP contribution in [0.15, 0.2) is 82.5 Å². The first-order chi connectivity index (χ1) is 15.4. The Morgan fingerprint density at radius 2 is 1.84 bits per heavy atom. The van der Waals surface area contributed by atoms with Crippen molar-refractivity contribution >= 4 is 44.0 Å². The summed E-state index contributed by atoms with van der Waals surface area (Å²) in [7, 11) is 0. The fraction of sp³-hybridized carbons (Fsp3) is 0.0870. The minimum absolute atomic E-state index is 0.290. The summed E-state index contributed by atoms with van der Waals surface area (Å²) in [5, 5.41) is 21.8.